The summed E-state index contributed by atoms with van der Waals surface area (Å²) in [6.07, 6.45) is 0.356. The molecule has 16 heavy (non-hydrogen) atoms. The summed E-state index contributed by atoms with van der Waals surface area (Å²) in [5.74, 6) is -0.867. The van der Waals surface area contributed by atoms with E-state index in [1.165, 1.54) is 6.07 Å². The van der Waals surface area contributed by atoms with E-state index in [9.17, 15) is 8.78 Å². The van der Waals surface area contributed by atoms with Crippen molar-refractivity contribution in [3.8, 4) is 6.07 Å². The molecular formula is C12H14F2N2. The molecule has 0 heterocycles. The number of benzene rings is 1. The van der Waals surface area contributed by atoms with Crippen molar-refractivity contribution in [3.63, 3.8) is 0 Å². The summed E-state index contributed by atoms with van der Waals surface area (Å²) in [5, 5.41) is 11.7. The normalized spacial score (nSPS) is 11.2. The molecule has 0 aliphatic heterocycles. The van der Waals surface area contributed by atoms with Gasteiger partial charge in [-0.25, -0.2) is 8.78 Å². The monoisotopic (exact) mass is 224 g/mol. The van der Waals surface area contributed by atoms with Crippen LogP contribution in [0.25, 0.3) is 0 Å². The number of nitrogens with one attached hydrogen (secondary N) is 1. The lowest BCUT2D eigenvalue weighted by molar-refractivity contribution is 0.484. The summed E-state index contributed by atoms with van der Waals surface area (Å²) in [6, 6.07) is 5.45. The number of nitriles is 1. The van der Waals surface area contributed by atoms with Gasteiger partial charge in [-0.05, 0) is 44.0 Å². The third kappa shape index (κ3) is 3.59. The number of hydrogen-bond acceptors (Lipinski definition) is 2. The van der Waals surface area contributed by atoms with Gasteiger partial charge in [0, 0.05) is 6.54 Å². The van der Waals surface area contributed by atoms with Gasteiger partial charge in [-0.2, -0.15) is 5.26 Å². The van der Waals surface area contributed by atoms with E-state index in [1.54, 1.807) is 13.8 Å². The van der Waals surface area contributed by atoms with Crippen molar-refractivity contribution in [2.45, 2.75) is 25.8 Å². The van der Waals surface area contributed by atoms with Crippen LogP contribution >= 0.6 is 0 Å². The van der Waals surface area contributed by atoms with Crippen LogP contribution < -0.4 is 5.32 Å². The molecule has 1 aromatic carbocycles. The first-order valence-electron chi connectivity index (χ1n) is 5.05. The van der Waals surface area contributed by atoms with Gasteiger partial charge in [0.15, 0.2) is 0 Å². The van der Waals surface area contributed by atoms with Gasteiger partial charge in [0.05, 0.1) is 6.07 Å². The molecule has 0 bridgehead atoms. The number of nitrogens with zero attached hydrogens (tertiary/aromatic N) is 1. The highest BCUT2D eigenvalue weighted by Crippen LogP contribution is 2.10. The Morgan fingerprint density at radius 1 is 1.38 bits per heavy atom. The van der Waals surface area contributed by atoms with Crippen molar-refractivity contribution in [1.29, 1.82) is 5.26 Å². The molecule has 0 unspecified atom stereocenters. The average molecular weight is 224 g/mol. The molecule has 0 aromatic heterocycles. The first-order valence-corrected chi connectivity index (χ1v) is 5.05. The standard InChI is InChI=1S/C12H14F2N2/c1-12(2,8-15)16-6-5-9-7-10(13)3-4-11(9)14/h3-4,7,16H,5-6H2,1-2H3. The lowest BCUT2D eigenvalue weighted by Gasteiger charge is -2.17. The van der Waals surface area contributed by atoms with E-state index >= 15 is 0 Å². The Hall–Kier alpha value is -1.47. The van der Waals surface area contributed by atoms with Crippen LogP contribution in [0.4, 0.5) is 8.78 Å². The fourth-order valence-electron chi connectivity index (χ4n) is 1.28. The highest BCUT2D eigenvalue weighted by molar-refractivity contribution is 5.19. The summed E-state index contributed by atoms with van der Waals surface area (Å²) in [4.78, 5) is 0. The largest absolute Gasteiger partial charge is 0.300 e. The molecular weight excluding hydrogens is 210 g/mol. The highest BCUT2D eigenvalue weighted by atomic mass is 19.1. The molecule has 4 heteroatoms. The Bertz CT molecular complexity index is 408. The summed E-state index contributed by atoms with van der Waals surface area (Å²) >= 11 is 0. The molecule has 0 radical (unpaired) electrons. The van der Waals surface area contributed by atoms with Crippen LogP contribution in [0.1, 0.15) is 19.4 Å². The van der Waals surface area contributed by atoms with Gasteiger partial charge in [-0.1, -0.05) is 0 Å². The molecule has 1 aromatic rings. The van der Waals surface area contributed by atoms with E-state index in [0.717, 1.165) is 12.1 Å². The second kappa shape index (κ2) is 5.04. The SMILES string of the molecule is CC(C)(C#N)NCCc1cc(F)ccc1F. The van der Waals surface area contributed by atoms with Gasteiger partial charge >= 0.3 is 0 Å². The quantitative estimate of drug-likeness (QED) is 0.852. The average Bonchev–Trinajstić information content (AvgIpc) is 2.23. The van der Waals surface area contributed by atoms with Crippen LogP contribution in [0.15, 0.2) is 18.2 Å². The fraction of sp³-hybridized carbons (Fsp3) is 0.417. The van der Waals surface area contributed by atoms with Crippen LogP contribution in [-0.2, 0) is 6.42 Å². The topological polar surface area (TPSA) is 35.8 Å². The van der Waals surface area contributed by atoms with E-state index in [2.05, 4.69) is 11.4 Å². The molecule has 0 spiro atoms. The minimum Gasteiger partial charge on any atom is -0.300 e. The molecule has 1 N–H and O–H groups in total. The summed E-state index contributed by atoms with van der Waals surface area (Å²) in [7, 11) is 0. The van der Waals surface area contributed by atoms with Crippen molar-refractivity contribution in [1.82, 2.24) is 5.32 Å². The molecule has 86 valence electrons. The van der Waals surface area contributed by atoms with Gasteiger partial charge in [0.1, 0.15) is 17.2 Å². The van der Waals surface area contributed by atoms with Gasteiger partial charge < -0.3 is 0 Å². The maximum Gasteiger partial charge on any atom is 0.126 e. The zero-order valence-electron chi connectivity index (χ0n) is 9.35. The maximum absolute atomic E-state index is 13.2. The van der Waals surface area contributed by atoms with Crippen LogP contribution in [-0.4, -0.2) is 12.1 Å². The first kappa shape index (κ1) is 12.6. The third-order valence-electron chi connectivity index (χ3n) is 2.25. The third-order valence-corrected chi connectivity index (χ3v) is 2.25. The van der Waals surface area contributed by atoms with Crippen LogP contribution in [0, 0.1) is 23.0 Å². The summed E-state index contributed by atoms with van der Waals surface area (Å²) < 4.78 is 26.0. The van der Waals surface area contributed by atoms with Crippen LogP contribution in [0.5, 0.6) is 0 Å². The van der Waals surface area contributed by atoms with Gasteiger partial charge in [0.25, 0.3) is 0 Å². The number of halogens is 2. The van der Waals surface area contributed by atoms with Crippen molar-refractivity contribution in [3.05, 3.63) is 35.4 Å². The maximum atomic E-state index is 13.2. The molecule has 0 fully saturated rings. The van der Waals surface area contributed by atoms with Crippen LogP contribution in [0.3, 0.4) is 0 Å². The van der Waals surface area contributed by atoms with Gasteiger partial charge in [-0.15, -0.1) is 0 Å². The molecule has 0 atom stereocenters. The predicted molar refractivity (Wildman–Crippen MR) is 57.8 cm³/mol. The van der Waals surface area contributed by atoms with Crippen molar-refractivity contribution in [2.75, 3.05) is 6.54 Å². The zero-order chi connectivity index (χ0) is 12.2. The Balaban J connectivity index is 2.56. The molecule has 1 rings (SSSR count). The minimum absolute atomic E-state index is 0.321. The molecule has 0 aliphatic rings. The summed E-state index contributed by atoms with van der Waals surface area (Å²) in [5.41, 5.74) is -0.328. The number of hydrogen-bond donors (Lipinski definition) is 1. The fourth-order valence-corrected chi connectivity index (χ4v) is 1.28. The Morgan fingerprint density at radius 3 is 2.69 bits per heavy atom. The van der Waals surface area contributed by atoms with E-state index in [1.807, 2.05) is 0 Å². The van der Waals surface area contributed by atoms with Gasteiger partial charge in [-0.3, -0.25) is 5.32 Å². The van der Waals surface area contributed by atoms with E-state index in [-0.39, 0.29) is 0 Å². The summed E-state index contributed by atoms with van der Waals surface area (Å²) in [6.45, 7) is 3.89. The highest BCUT2D eigenvalue weighted by Gasteiger charge is 2.14. The smallest absolute Gasteiger partial charge is 0.126 e. The van der Waals surface area contributed by atoms with E-state index < -0.39 is 17.2 Å². The molecule has 0 aliphatic carbocycles. The lowest BCUT2D eigenvalue weighted by Crippen LogP contribution is -2.38. The molecule has 2 nitrogen and oxygen atoms in total. The Kier molecular flexibility index (Phi) is 3.97. The minimum atomic E-state index is -0.649. The number of rotatable bonds is 4. The Morgan fingerprint density at radius 2 is 2.06 bits per heavy atom. The van der Waals surface area contributed by atoms with Crippen molar-refractivity contribution < 1.29 is 8.78 Å². The van der Waals surface area contributed by atoms with Crippen molar-refractivity contribution >= 4 is 0 Å². The molecule has 0 saturated carbocycles. The first-order chi connectivity index (χ1) is 7.44. The predicted octanol–water partition coefficient (Wildman–Crippen LogP) is 2.40. The van der Waals surface area contributed by atoms with Gasteiger partial charge in [0.2, 0.25) is 0 Å². The second-order valence-electron chi connectivity index (χ2n) is 4.15. The van der Waals surface area contributed by atoms with Crippen LogP contribution in [0.2, 0.25) is 0 Å². The zero-order valence-corrected chi connectivity index (χ0v) is 9.35. The lowest BCUT2D eigenvalue weighted by atomic mass is 10.1. The molecule has 0 saturated heterocycles. The van der Waals surface area contributed by atoms with E-state index in [0.29, 0.717) is 18.5 Å². The molecule has 0 amide bonds. The van der Waals surface area contributed by atoms with Crippen molar-refractivity contribution in [2.24, 2.45) is 0 Å². The van der Waals surface area contributed by atoms with E-state index in [4.69, 9.17) is 5.26 Å². The second-order valence-corrected chi connectivity index (χ2v) is 4.15. The Labute approximate surface area is 93.9 Å².